The Morgan fingerprint density at radius 1 is 0.562 bits per heavy atom. The van der Waals surface area contributed by atoms with Gasteiger partial charge in [-0.05, 0) is 22.9 Å². The number of nitrogens with one attached hydrogen (secondary N) is 2. The number of fused-ring (bicyclic) bond motifs is 6. The van der Waals surface area contributed by atoms with Gasteiger partial charge in [-0.25, -0.2) is 0 Å². The third-order valence-electron chi connectivity index (χ3n) is 3.25. The van der Waals surface area contributed by atoms with Crippen LogP contribution in [0.25, 0.3) is 32.6 Å². The molecule has 0 aliphatic heterocycles. The van der Waals surface area contributed by atoms with E-state index in [9.17, 15) is 0 Å². The maximum atomic E-state index is 3.31. The normalized spacial score (nSPS) is 11.8. The van der Waals surface area contributed by atoms with Crippen LogP contribution in [0, 0.1) is 0 Å². The van der Waals surface area contributed by atoms with Crippen molar-refractivity contribution in [1.82, 2.24) is 9.97 Å². The lowest BCUT2D eigenvalue weighted by Gasteiger charge is -2.02. The summed E-state index contributed by atoms with van der Waals surface area (Å²) in [5, 5.41) is 5.19. The molecule has 4 aromatic rings. The van der Waals surface area contributed by atoms with Gasteiger partial charge in [0.2, 0.25) is 0 Å². The van der Waals surface area contributed by atoms with E-state index in [0.29, 0.717) is 0 Å². The molecule has 0 unspecified atom stereocenters. The van der Waals surface area contributed by atoms with Gasteiger partial charge in [-0.3, -0.25) is 0 Å². The van der Waals surface area contributed by atoms with Crippen molar-refractivity contribution in [1.29, 1.82) is 0 Å². The van der Waals surface area contributed by atoms with Gasteiger partial charge in [0.15, 0.2) is 0 Å². The standard InChI is InChI=1S/C14H10N2/c1-2-4-10-9(3-1)11-5-7-15-13(11)14-12(10)6-8-16-14/h1-8,15-16H. The number of hydrogen-bond acceptors (Lipinski definition) is 0. The summed E-state index contributed by atoms with van der Waals surface area (Å²) in [6, 6.07) is 12.8. The second-order valence-corrected chi connectivity index (χ2v) is 4.08. The number of aromatic amines is 2. The van der Waals surface area contributed by atoms with Crippen molar-refractivity contribution in [3.63, 3.8) is 0 Å². The maximum absolute atomic E-state index is 3.31. The van der Waals surface area contributed by atoms with Crippen molar-refractivity contribution >= 4 is 32.6 Å². The van der Waals surface area contributed by atoms with Crippen LogP contribution in [0.3, 0.4) is 0 Å². The van der Waals surface area contributed by atoms with Crippen LogP contribution in [0.15, 0.2) is 48.8 Å². The maximum Gasteiger partial charge on any atom is 0.0705 e. The summed E-state index contributed by atoms with van der Waals surface area (Å²) in [6.45, 7) is 0. The van der Waals surface area contributed by atoms with Crippen LogP contribution in [0.1, 0.15) is 0 Å². The Kier molecular flexibility index (Phi) is 1.33. The third kappa shape index (κ3) is 0.823. The van der Waals surface area contributed by atoms with Gasteiger partial charge in [0.05, 0.1) is 11.0 Å². The molecule has 0 aliphatic rings. The molecule has 0 atom stereocenters. The molecule has 0 radical (unpaired) electrons. The fourth-order valence-electron chi connectivity index (χ4n) is 2.55. The number of H-pyrrole nitrogens is 2. The van der Waals surface area contributed by atoms with Crippen LogP contribution in [-0.2, 0) is 0 Å². The molecule has 2 N–H and O–H groups in total. The first-order chi connectivity index (χ1) is 7.95. The van der Waals surface area contributed by atoms with E-state index in [2.05, 4.69) is 46.4 Å². The molecule has 4 rings (SSSR count). The molecular formula is C14H10N2. The molecule has 2 aromatic heterocycles. The van der Waals surface area contributed by atoms with Gasteiger partial charge >= 0.3 is 0 Å². The van der Waals surface area contributed by atoms with Crippen molar-refractivity contribution in [3.05, 3.63) is 48.8 Å². The van der Waals surface area contributed by atoms with Crippen LogP contribution < -0.4 is 0 Å². The van der Waals surface area contributed by atoms with Gasteiger partial charge < -0.3 is 9.97 Å². The average molecular weight is 206 g/mol. The van der Waals surface area contributed by atoms with Gasteiger partial charge in [0.25, 0.3) is 0 Å². The smallest absolute Gasteiger partial charge is 0.0705 e. The highest BCUT2D eigenvalue weighted by Gasteiger charge is 2.08. The Balaban J connectivity index is 2.51. The molecule has 0 amide bonds. The fourth-order valence-corrected chi connectivity index (χ4v) is 2.55. The second kappa shape index (κ2) is 2.67. The van der Waals surface area contributed by atoms with Crippen molar-refractivity contribution in [2.75, 3.05) is 0 Å². The second-order valence-electron chi connectivity index (χ2n) is 4.08. The van der Waals surface area contributed by atoms with Crippen molar-refractivity contribution in [3.8, 4) is 0 Å². The van der Waals surface area contributed by atoms with Gasteiger partial charge in [-0.15, -0.1) is 0 Å². The summed E-state index contributed by atoms with van der Waals surface area (Å²) in [6.07, 6.45) is 3.99. The molecule has 16 heavy (non-hydrogen) atoms. The summed E-state index contributed by atoms with van der Waals surface area (Å²) in [5.41, 5.74) is 2.39. The van der Waals surface area contributed by atoms with Gasteiger partial charge in [-0.2, -0.15) is 0 Å². The van der Waals surface area contributed by atoms with Crippen LogP contribution >= 0.6 is 0 Å². The first kappa shape index (κ1) is 7.99. The molecule has 0 fully saturated rings. The number of rotatable bonds is 0. The van der Waals surface area contributed by atoms with Crippen LogP contribution in [0.4, 0.5) is 0 Å². The van der Waals surface area contributed by atoms with Crippen LogP contribution in [0.2, 0.25) is 0 Å². The Bertz CT molecular complexity index is 736. The molecule has 76 valence electrons. The monoisotopic (exact) mass is 206 g/mol. The molecule has 0 saturated heterocycles. The SMILES string of the molecule is c1ccc2c(c1)c1cc[nH]c1c1[nH]ccc21. The third-order valence-corrected chi connectivity index (χ3v) is 3.25. The lowest BCUT2D eigenvalue weighted by molar-refractivity contribution is 1.44. The van der Waals surface area contributed by atoms with E-state index in [1.54, 1.807) is 0 Å². The molecular weight excluding hydrogens is 196 g/mol. The van der Waals surface area contributed by atoms with E-state index in [4.69, 9.17) is 0 Å². The van der Waals surface area contributed by atoms with Crippen LogP contribution in [0.5, 0.6) is 0 Å². The summed E-state index contributed by atoms with van der Waals surface area (Å²) in [5.74, 6) is 0. The lowest BCUT2D eigenvalue weighted by atomic mass is 10.0. The minimum Gasteiger partial charge on any atom is -0.359 e. The Hall–Kier alpha value is -2.22. The molecule has 2 heterocycles. The lowest BCUT2D eigenvalue weighted by Crippen LogP contribution is -1.78. The zero-order valence-corrected chi connectivity index (χ0v) is 8.62. The highest BCUT2D eigenvalue weighted by Crippen LogP contribution is 2.33. The Labute approximate surface area is 91.9 Å². The zero-order valence-electron chi connectivity index (χ0n) is 8.62. The predicted molar refractivity (Wildman–Crippen MR) is 67.7 cm³/mol. The van der Waals surface area contributed by atoms with Gasteiger partial charge in [0, 0.05) is 23.2 Å². The van der Waals surface area contributed by atoms with Crippen molar-refractivity contribution in [2.24, 2.45) is 0 Å². The molecule has 0 aliphatic carbocycles. The molecule has 0 bridgehead atoms. The van der Waals surface area contributed by atoms with E-state index in [1.807, 2.05) is 12.4 Å². The quantitative estimate of drug-likeness (QED) is 0.438. The topological polar surface area (TPSA) is 31.6 Å². The number of benzene rings is 2. The first-order valence-electron chi connectivity index (χ1n) is 5.40. The summed E-state index contributed by atoms with van der Waals surface area (Å²) in [4.78, 5) is 6.62. The van der Waals surface area contributed by atoms with Crippen molar-refractivity contribution < 1.29 is 0 Å². The van der Waals surface area contributed by atoms with Crippen LogP contribution in [-0.4, -0.2) is 9.97 Å². The summed E-state index contributed by atoms with van der Waals surface area (Å²) >= 11 is 0. The molecule has 2 heteroatoms. The average Bonchev–Trinajstić information content (AvgIpc) is 2.98. The fraction of sp³-hybridized carbons (Fsp3) is 0. The highest BCUT2D eigenvalue weighted by molar-refractivity contribution is 6.23. The van der Waals surface area contributed by atoms with E-state index in [0.717, 1.165) is 0 Å². The minimum absolute atomic E-state index is 1.19. The van der Waals surface area contributed by atoms with E-state index in [-0.39, 0.29) is 0 Å². The summed E-state index contributed by atoms with van der Waals surface area (Å²) in [7, 11) is 0. The molecule has 0 spiro atoms. The predicted octanol–water partition coefficient (Wildman–Crippen LogP) is 3.80. The van der Waals surface area contributed by atoms with E-state index in [1.165, 1.54) is 32.6 Å². The molecule has 2 nitrogen and oxygen atoms in total. The summed E-state index contributed by atoms with van der Waals surface area (Å²) < 4.78 is 0. The highest BCUT2D eigenvalue weighted by atomic mass is 14.7. The first-order valence-corrected chi connectivity index (χ1v) is 5.40. The number of hydrogen-bond donors (Lipinski definition) is 2. The zero-order chi connectivity index (χ0) is 10.5. The van der Waals surface area contributed by atoms with Crippen molar-refractivity contribution in [2.45, 2.75) is 0 Å². The van der Waals surface area contributed by atoms with Gasteiger partial charge in [-0.1, -0.05) is 24.3 Å². The largest absolute Gasteiger partial charge is 0.359 e. The Morgan fingerprint density at radius 3 is 1.56 bits per heavy atom. The van der Waals surface area contributed by atoms with E-state index >= 15 is 0 Å². The minimum atomic E-state index is 1.19. The number of aromatic nitrogens is 2. The molecule has 2 aromatic carbocycles. The Morgan fingerprint density at radius 2 is 1.06 bits per heavy atom. The molecule has 0 saturated carbocycles. The van der Waals surface area contributed by atoms with Gasteiger partial charge in [0.1, 0.15) is 0 Å². The van der Waals surface area contributed by atoms with E-state index < -0.39 is 0 Å².